The molecule has 0 saturated carbocycles. The van der Waals surface area contributed by atoms with Crippen LogP contribution in [0.1, 0.15) is 69.0 Å². The second-order valence-electron chi connectivity index (χ2n) is 13.6. The largest absolute Gasteiger partial charge is 0.497 e. The summed E-state index contributed by atoms with van der Waals surface area (Å²) in [6, 6.07) is 26.2. The van der Waals surface area contributed by atoms with E-state index < -0.39 is 55.6 Å². The van der Waals surface area contributed by atoms with Crippen molar-refractivity contribution in [1.29, 1.82) is 5.26 Å². The molecule has 1 N–H and O–H groups in total. The molecule has 1 aliphatic rings. The second kappa shape index (κ2) is 18.6. The molecule has 0 radical (unpaired) electrons. The monoisotopic (exact) mass is 798 g/mol. The Balaban J connectivity index is 1.63. The number of ether oxygens (including phenoxy) is 4. The van der Waals surface area contributed by atoms with E-state index in [0.29, 0.717) is 17.7 Å². The molecular formula is C40H46F3N4O8P. The summed E-state index contributed by atoms with van der Waals surface area (Å²) < 4.78 is 81.8. The second-order valence-corrected chi connectivity index (χ2v) is 15.0. The summed E-state index contributed by atoms with van der Waals surface area (Å²) in [5, 5.41) is 9.27. The Kier molecular flexibility index (Phi) is 14.1. The van der Waals surface area contributed by atoms with Crippen molar-refractivity contribution >= 4 is 8.53 Å². The highest BCUT2D eigenvalue weighted by Crippen LogP contribution is 2.51. The zero-order valence-electron chi connectivity index (χ0n) is 32.0. The molecule has 3 aromatic carbocycles. The van der Waals surface area contributed by atoms with Crippen LogP contribution in [0.25, 0.3) is 0 Å². The summed E-state index contributed by atoms with van der Waals surface area (Å²) in [7, 11) is 1.27. The number of nitriles is 1. The number of nitrogens with one attached hydrogen (secondary N) is 1. The molecule has 12 nitrogen and oxygen atoms in total. The summed E-state index contributed by atoms with van der Waals surface area (Å²) in [4.78, 5) is 27.1. The minimum Gasteiger partial charge on any atom is -0.497 e. The quantitative estimate of drug-likeness (QED) is 0.0649. The zero-order valence-corrected chi connectivity index (χ0v) is 32.9. The number of benzene rings is 3. The van der Waals surface area contributed by atoms with Gasteiger partial charge in [0.1, 0.15) is 35.0 Å². The van der Waals surface area contributed by atoms with E-state index in [0.717, 1.165) is 21.3 Å². The minimum absolute atomic E-state index is 0.0662. The molecule has 16 heteroatoms. The van der Waals surface area contributed by atoms with Gasteiger partial charge in [0.05, 0.1) is 46.0 Å². The van der Waals surface area contributed by atoms with Crippen LogP contribution >= 0.6 is 8.53 Å². The number of nitrogens with zero attached hydrogens (tertiary/aromatic N) is 3. The van der Waals surface area contributed by atoms with Gasteiger partial charge in [0, 0.05) is 24.7 Å². The summed E-state index contributed by atoms with van der Waals surface area (Å²) in [5.41, 5.74) is -3.28. The smallest absolute Gasteiger partial charge is 0.423 e. The number of hydrogen-bond donors (Lipinski definition) is 1. The fourth-order valence-electron chi connectivity index (χ4n) is 6.72. The van der Waals surface area contributed by atoms with E-state index in [1.165, 1.54) is 0 Å². The van der Waals surface area contributed by atoms with Gasteiger partial charge in [-0.25, -0.2) is 9.46 Å². The van der Waals surface area contributed by atoms with Gasteiger partial charge in [0.25, 0.3) is 14.1 Å². The van der Waals surface area contributed by atoms with Crippen LogP contribution in [0.5, 0.6) is 11.5 Å². The lowest BCUT2D eigenvalue weighted by atomic mass is 9.80. The van der Waals surface area contributed by atoms with Gasteiger partial charge in [0.15, 0.2) is 0 Å². The Bertz CT molecular complexity index is 1980. The molecule has 0 amide bonds. The van der Waals surface area contributed by atoms with Gasteiger partial charge in [-0.1, -0.05) is 54.6 Å². The third-order valence-electron chi connectivity index (χ3n) is 9.29. The molecule has 5 rings (SSSR count). The van der Waals surface area contributed by atoms with Crippen LogP contribution in [-0.2, 0) is 30.3 Å². The molecule has 1 saturated heterocycles. The average Bonchev–Trinajstić information content (AvgIpc) is 3.57. The van der Waals surface area contributed by atoms with E-state index in [1.54, 1.807) is 19.2 Å². The van der Waals surface area contributed by atoms with Crippen molar-refractivity contribution in [3.8, 4) is 17.6 Å². The van der Waals surface area contributed by atoms with E-state index in [1.807, 2.05) is 111 Å². The Hall–Kier alpha value is -4.55. The summed E-state index contributed by atoms with van der Waals surface area (Å²) in [5.74, 6) is 1.24. The maximum absolute atomic E-state index is 13.9. The van der Waals surface area contributed by atoms with Crippen molar-refractivity contribution in [2.45, 2.75) is 82.8 Å². The number of alkyl halides is 3. The molecule has 0 spiro atoms. The number of H-pyrrole nitrogens is 1. The molecule has 0 bridgehead atoms. The normalized spacial score (nSPS) is 18.0. The third kappa shape index (κ3) is 9.52. The standard InChI is InChI=1S/C40H46F3N4O8P/c1-26(2)47(27(3)4)56(53-22-10-21-44)55-34-23-36(46-24-33(40(41,42)43)37(48)45-38(46)49)54-35(34)25-52-39(28-11-8-7-9-12-28,29-13-17-31(50-5)18-14-29)30-15-19-32(51-6)20-16-30/h7-9,11-20,24,26-27,34-36H,10,22-23,25H2,1-6H3,(H,45,48,49)/t34-,35+,36+,56?/m0/s1. The van der Waals surface area contributed by atoms with Gasteiger partial charge in [-0.05, 0) is 68.7 Å². The van der Waals surface area contributed by atoms with Gasteiger partial charge >= 0.3 is 11.9 Å². The molecule has 1 aliphatic heterocycles. The summed E-state index contributed by atoms with van der Waals surface area (Å²) >= 11 is 0. The lowest BCUT2D eigenvalue weighted by Gasteiger charge is -2.39. The molecule has 0 aliphatic carbocycles. The van der Waals surface area contributed by atoms with Crippen molar-refractivity contribution in [1.82, 2.24) is 14.2 Å². The van der Waals surface area contributed by atoms with Crippen molar-refractivity contribution in [2.75, 3.05) is 27.4 Å². The van der Waals surface area contributed by atoms with Gasteiger partial charge < -0.3 is 28.0 Å². The van der Waals surface area contributed by atoms with Gasteiger partial charge in [0.2, 0.25) is 0 Å². The summed E-state index contributed by atoms with van der Waals surface area (Å²) in [6.45, 7) is 7.75. The number of rotatable bonds is 17. The first-order valence-electron chi connectivity index (χ1n) is 18.0. The molecule has 2 heterocycles. The number of hydrogen-bond acceptors (Lipinski definition) is 10. The van der Waals surface area contributed by atoms with E-state index in [4.69, 9.17) is 28.0 Å². The average molecular weight is 799 g/mol. The van der Waals surface area contributed by atoms with E-state index in [-0.39, 0.29) is 38.1 Å². The Morgan fingerprint density at radius 3 is 1.96 bits per heavy atom. The fraction of sp³-hybridized carbons (Fsp3) is 0.425. The molecule has 1 unspecified atom stereocenters. The van der Waals surface area contributed by atoms with Gasteiger partial charge in [-0.15, -0.1) is 0 Å². The molecule has 1 fully saturated rings. The maximum Gasteiger partial charge on any atom is 0.423 e. The van der Waals surface area contributed by atoms with E-state index in [9.17, 15) is 28.0 Å². The lowest BCUT2D eigenvalue weighted by molar-refractivity contribution is -0.139. The van der Waals surface area contributed by atoms with Crippen molar-refractivity contribution in [3.05, 3.63) is 128 Å². The first-order valence-corrected chi connectivity index (χ1v) is 19.2. The molecular weight excluding hydrogens is 752 g/mol. The van der Waals surface area contributed by atoms with Gasteiger partial charge in [-0.3, -0.25) is 14.3 Å². The Morgan fingerprint density at radius 1 is 0.911 bits per heavy atom. The highest BCUT2D eigenvalue weighted by atomic mass is 31.2. The number of halogens is 3. The van der Waals surface area contributed by atoms with Crippen LogP contribution in [0.15, 0.2) is 94.6 Å². The van der Waals surface area contributed by atoms with Crippen LogP contribution < -0.4 is 20.7 Å². The first-order chi connectivity index (χ1) is 26.7. The number of aromatic nitrogens is 2. The highest BCUT2D eigenvalue weighted by Gasteiger charge is 2.46. The van der Waals surface area contributed by atoms with E-state index in [2.05, 4.69) is 6.07 Å². The highest BCUT2D eigenvalue weighted by molar-refractivity contribution is 7.44. The Labute approximate surface area is 324 Å². The molecule has 4 atom stereocenters. The van der Waals surface area contributed by atoms with Crippen molar-refractivity contribution in [3.63, 3.8) is 0 Å². The zero-order chi connectivity index (χ0) is 40.6. The maximum atomic E-state index is 13.9. The van der Waals surface area contributed by atoms with Gasteiger partial charge in [-0.2, -0.15) is 18.4 Å². The molecule has 300 valence electrons. The molecule has 56 heavy (non-hydrogen) atoms. The first kappa shape index (κ1) is 42.6. The topological polar surface area (TPSA) is 137 Å². The predicted molar refractivity (Wildman–Crippen MR) is 203 cm³/mol. The van der Waals surface area contributed by atoms with Crippen LogP contribution in [0.2, 0.25) is 0 Å². The number of methoxy groups -OCH3 is 2. The third-order valence-corrected chi connectivity index (χ3v) is 11.4. The summed E-state index contributed by atoms with van der Waals surface area (Å²) in [6.07, 6.45) is -7.76. The SMILES string of the molecule is COc1ccc(C(OC[C@H]2O[C@@H](n3cc(C(F)(F)F)c(=O)[nH]c3=O)C[C@@H]2OP(OCCC#N)N(C(C)C)C(C)C)(c2ccccc2)c2ccc(OC)cc2)cc1. The molecule has 1 aromatic heterocycles. The van der Waals surface area contributed by atoms with Crippen LogP contribution in [0.3, 0.4) is 0 Å². The van der Waals surface area contributed by atoms with Crippen molar-refractivity contribution < 1.29 is 41.2 Å². The predicted octanol–water partition coefficient (Wildman–Crippen LogP) is 7.53. The molecule has 4 aromatic rings. The lowest BCUT2D eigenvalue weighted by Crippen LogP contribution is -2.39. The van der Waals surface area contributed by atoms with E-state index >= 15 is 0 Å². The number of aromatic amines is 1. The Morgan fingerprint density at radius 2 is 1.46 bits per heavy atom. The van der Waals surface area contributed by atoms with Crippen molar-refractivity contribution in [2.24, 2.45) is 0 Å². The van der Waals surface area contributed by atoms with Crippen LogP contribution in [-0.4, -0.2) is 65.9 Å². The fourth-order valence-corrected chi connectivity index (χ4v) is 8.48. The minimum atomic E-state index is -5.04. The van der Waals surface area contributed by atoms with Crippen LogP contribution in [0.4, 0.5) is 13.2 Å². The van der Waals surface area contributed by atoms with Crippen LogP contribution in [0, 0.1) is 11.3 Å².